The van der Waals surface area contributed by atoms with Gasteiger partial charge in [-0.25, -0.2) is 17.9 Å². The summed E-state index contributed by atoms with van der Waals surface area (Å²) >= 11 is 0. The standard InChI is InChI=1S/C16H25N3O4S/c1-12(2)10-17-16(20)19-13-5-7-15(8-6-13)24(21,22)18-11-14-4-3-9-23-14/h5-8,12,14,18H,3-4,9-11H2,1-2H3,(H2,17,19,20)/t14-/m0/s1. The number of urea groups is 1. The minimum absolute atomic E-state index is 0.0506. The summed E-state index contributed by atoms with van der Waals surface area (Å²) in [7, 11) is -3.57. The summed E-state index contributed by atoms with van der Waals surface area (Å²) in [5.41, 5.74) is 0.536. The average molecular weight is 355 g/mol. The Morgan fingerprint density at radius 2 is 2.00 bits per heavy atom. The number of carbonyl (C=O) groups excluding carboxylic acids is 1. The zero-order valence-electron chi connectivity index (χ0n) is 14.0. The van der Waals surface area contributed by atoms with Crippen molar-refractivity contribution in [3.05, 3.63) is 24.3 Å². The first kappa shape index (κ1) is 18.7. The van der Waals surface area contributed by atoms with Gasteiger partial charge in [0, 0.05) is 25.4 Å². The van der Waals surface area contributed by atoms with Crippen LogP contribution in [-0.4, -0.2) is 40.2 Å². The number of sulfonamides is 1. The normalized spacial score (nSPS) is 17.9. The van der Waals surface area contributed by atoms with Gasteiger partial charge >= 0.3 is 6.03 Å². The third-order valence-electron chi connectivity index (χ3n) is 3.62. The zero-order valence-corrected chi connectivity index (χ0v) is 14.9. The lowest BCUT2D eigenvalue weighted by Crippen LogP contribution is -2.32. The number of anilines is 1. The molecule has 0 aliphatic carbocycles. The molecular weight excluding hydrogens is 330 g/mol. The van der Waals surface area contributed by atoms with E-state index in [0.717, 1.165) is 12.8 Å². The van der Waals surface area contributed by atoms with E-state index < -0.39 is 10.0 Å². The fourth-order valence-electron chi connectivity index (χ4n) is 2.28. The number of hydrogen-bond acceptors (Lipinski definition) is 4. The molecule has 7 nitrogen and oxygen atoms in total. The number of amides is 2. The second-order valence-corrected chi connectivity index (χ2v) is 8.01. The second kappa shape index (κ2) is 8.46. The highest BCUT2D eigenvalue weighted by molar-refractivity contribution is 7.89. The number of nitrogens with one attached hydrogen (secondary N) is 3. The molecule has 24 heavy (non-hydrogen) atoms. The van der Waals surface area contributed by atoms with Crippen molar-refractivity contribution >= 4 is 21.7 Å². The molecule has 0 aromatic heterocycles. The Morgan fingerprint density at radius 1 is 1.29 bits per heavy atom. The van der Waals surface area contributed by atoms with Crippen molar-refractivity contribution in [2.24, 2.45) is 5.92 Å². The summed E-state index contributed by atoms with van der Waals surface area (Å²) in [5.74, 6) is 0.359. The van der Waals surface area contributed by atoms with Crippen molar-refractivity contribution in [2.75, 3.05) is 25.0 Å². The number of hydrogen-bond donors (Lipinski definition) is 3. The molecule has 0 spiro atoms. The van der Waals surface area contributed by atoms with Crippen LogP contribution in [0.15, 0.2) is 29.2 Å². The van der Waals surface area contributed by atoms with Crippen molar-refractivity contribution in [2.45, 2.75) is 37.7 Å². The van der Waals surface area contributed by atoms with Gasteiger partial charge in [-0.2, -0.15) is 0 Å². The van der Waals surface area contributed by atoms with Crippen LogP contribution in [0.3, 0.4) is 0 Å². The summed E-state index contributed by atoms with van der Waals surface area (Å²) < 4.78 is 32.4. The Balaban J connectivity index is 1.88. The molecule has 2 amide bonds. The Kier molecular flexibility index (Phi) is 6.59. The zero-order chi connectivity index (χ0) is 17.6. The summed E-state index contributed by atoms with van der Waals surface area (Å²) in [6, 6.07) is 5.76. The largest absolute Gasteiger partial charge is 0.377 e. The number of benzene rings is 1. The molecule has 1 fully saturated rings. The molecule has 0 saturated carbocycles. The van der Waals surface area contributed by atoms with Gasteiger partial charge in [0.2, 0.25) is 10.0 Å². The van der Waals surface area contributed by atoms with E-state index in [2.05, 4.69) is 15.4 Å². The first-order valence-corrected chi connectivity index (χ1v) is 9.61. The fourth-order valence-corrected chi connectivity index (χ4v) is 3.35. The van der Waals surface area contributed by atoms with Crippen LogP contribution in [-0.2, 0) is 14.8 Å². The molecule has 1 aromatic carbocycles. The Morgan fingerprint density at radius 3 is 2.58 bits per heavy atom. The van der Waals surface area contributed by atoms with Crippen molar-refractivity contribution in [3.8, 4) is 0 Å². The molecule has 1 aliphatic heterocycles. The van der Waals surface area contributed by atoms with Crippen LogP contribution in [0.5, 0.6) is 0 Å². The monoisotopic (exact) mass is 355 g/mol. The van der Waals surface area contributed by atoms with Crippen LogP contribution in [0.2, 0.25) is 0 Å². The maximum atomic E-state index is 12.2. The van der Waals surface area contributed by atoms with E-state index in [1.165, 1.54) is 12.1 Å². The third-order valence-corrected chi connectivity index (χ3v) is 5.06. The summed E-state index contributed by atoms with van der Waals surface area (Å²) in [4.78, 5) is 11.8. The van der Waals surface area contributed by atoms with E-state index >= 15 is 0 Å². The molecule has 1 saturated heterocycles. The molecule has 2 rings (SSSR count). The van der Waals surface area contributed by atoms with Gasteiger partial charge in [-0.1, -0.05) is 13.8 Å². The molecule has 0 bridgehead atoms. The van der Waals surface area contributed by atoms with Gasteiger partial charge in [-0.3, -0.25) is 0 Å². The Labute approximate surface area is 143 Å². The molecule has 1 aliphatic rings. The second-order valence-electron chi connectivity index (χ2n) is 6.24. The van der Waals surface area contributed by atoms with Gasteiger partial charge < -0.3 is 15.4 Å². The van der Waals surface area contributed by atoms with Gasteiger partial charge in [-0.15, -0.1) is 0 Å². The van der Waals surface area contributed by atoms with Gasteiger partial charge in [0.25, 0.3) is 0 Å². The lowest BCUT2D eigenvalue weighted by Gasteiger charge is -2.12. The maximum Gasteiger partial charge on any atom is 0.319 e. The quantitative estimate of drug-likeness (QED) is 0.696. The Hall–Kier alpha value is -1.64. The summed E-state index contributed by atoms with van der Waals surface area (Å²) in [6.07, 6.45) is 1.79. The predicted octanol–water partition coefficient (Wildman–Crippen LogP) is 1.92. The number of rotatable bonds is 7. The minimum Gasteiger partial charge on any atom is -0.377 e. The molecular formula is C16H25N3O4S. The van der Waals surface area contributed by atoms with Gasteiger partial charge in [0.1, 0.15) is 0 Å². The van der Waals surface area contributed by atoms with Gasteiger partial charge in [0.15, 0.2) is 0 Å². The van der Waals surface area contributed by atoms with Crippen LogP contribution in [0.25, 0.3) is 0 Å². The number of carbonyl (C=O) groups is 1. The number of ether oxygens (including phenoxy) is 1. The maximum absolute atomic E-state index is 12.2. The SMILES string of the molecule is CC(C)CNC(=O)Nc1ccc(S(=O)(=O)NC[C@@H]2CCCO2)cc1. The van der Waals surface area contributed by atoms with Crippen LogP contribution in [0.1, 0.15) is 26.7 Å². The van der Waals surface area contributed by atoms with Crippen molar-refractivity contribution in [1.82, 2.24) is 10.0 Å². The van der Waals surface area contributed by atoms with E-state index in [4.69, 9.17) is 4.74 Å². The summed E-state index contributed by atoms with van der Waals surface area (Å²) in [5, 5.41) is 5.40. The molecule has 1 aromatic rings. The predicted molar refractivity (Wildman–Crippen MR) is 92.5 cm³/mol. The molecule has 1 atom stereocenters. The highest BCUT2D eigenvalue weighted by atomic mass is 32.2. The first-order valence-electron chi connectivity index (χ1n) is 8.13. The molecule has 3 N–H and O–H groups in total. The van der Waals surface area contributed by atoms with Crippen LogP contribution in [0, 0.1) is 5.92 Å². The van der Waals surface area contributed by atoms with E-state index in [0.29, 0.717) is 24.8 Å². The first-order chi connectivity index (χ1) is 11.4. The van der Waals surface area contributed by atoms with Crippen LogP contribution >= 0.6 is 0 Å². The van der Waals surface area contributed by atoms with Crippen molar-refractivity contribution in [3.63, 3.8) is 0 Å². The lowest BCUT2D eigenvalue weighted by atomic mass is 10.2. The van der Waals surface area contributed by atoms with E-state index in [1.54, 1.807) is 12.1 Å². The van der Waals surface area contributed by atoms with E-state index in [9.17, 15) is 13.2 Å². The third kappa shape index (κ3) is 5.77. The van der Waals surface area contributed by atoms with Crippen LogP contribution < -0.4 is 15.4 Å². The minimum atomic E-state index is -3.57. The topological polar surface area (TPSA) is 96.5 Å². The van der Waals surface area contributed by atoms with E-state index in [-0.39, 0.29) is 23.6 Å². The van der Waals surface area contributed by atoms with Gasteiger partial charge in [-0.05, 0) is 43.0 Å². The Bertz CT molecular complexity index is 638. The molecule has 1 heterocycles. The highest BCUT2D eigenvalue weighted by Gasteiger charge is 2.20. The van der Waals surface area contributed by atoms with Crippen LogP contribution in [0.4, 0.5) is 10.5 Å². The van der Waals surface area contributed by atoms with E-state index in [1.807, 2.05) is 13.8 Å². The van der Waals surface area contributed by atoms with Gasteiger partial charge in [0.05, 0.1) is 11.0 Å². The fraction of sp³-hybridized carbons (Fsp3) is 0.562. The molecule has 0 radical (unpaired) electrons. The van der Waals surface area contributed by atoms with Crippen molar-refractivity contribution in [1.29, 1.82) is 0 Å². The highest BCUT2D eigenvalue weighted by Crippen LogP contribution is 2.15. The molecule has 134 valence electrons. The average Bonchev–Trinajstić information content (AvgIpc) is 3.05. The molecule has 0 unspecified atom stereocenters. The molecule has 8 heteroatoms. The smallest absolute Gasteiger partial charge is 0.319 e. The lowest BCUT2D eigenvalue weighted by molar-refractivity contribution is 0.114. The summed E-state index contributed by atoms with van der Waals surface area (Å²) in [6.45, 7) is 5.55. The van der Waals surface area contributed by atoms with Crippen molar-refractivity contribution < 1.29 is 17.9 Å².